The monoisotopic (exact) mass is 233 g/mol. The fraction of sp³-hybridized carbons (Fsp3) is 0.273. The minimum Gasteiger partial charge on any atom is -0.479 e. The Hall–Kier alpha value is -2.24. The lowest BCUT2D eigenvalue weighted by atomic mass is 10.2. The number of hydrogen-bond acceptors (Lipinski definition) is 5. The van der Waals surface area contributed by atoms with Crippen LogP contribution in [0, 0.1) is 6.92 Å². The Labute approximate surface area is 99.2 Å². The lowest BCUT2D eigenvalue weighted by molar-refractivity contribution is 0.401. The van der Waals surface area contributed by atoms with Gasteiger partial charge in [-0.25, -0.2) is 0 Å². The molecule has 0 unspecified atom stereocenters. The van der Waals surface area contributed by atoms with Crippen LogP contribution in [0.3, 0.4) is 0 Å². The van der Waals surface area contributed by atoms with E-state index in [-0.39, 0.29) is 0 Å². The van der Waals surface area contributed by atoms with Crippen LogP contribution in [-0.4, -0.2) is 22.3 Å². The Bertz CT molecular complexity index is 508. The topological polar surface area (TPSA) is 88.8 Å². The molecular formula is C11H15N5O. The van der Waals surface area contributed by atoms with Gasteiger partial charge in [-0.2, -0.15) is 10.1 Å². The summed E-state index contributed by atoms with van der Waals surface area (Å²) in [5.41, 5.74) is 8.35. The Morgan fingerprint density at radius 3 is 2.94 bits per heavy atom. The van der Waals surface area contributed by atoms with Gasteiger partial charge in [-0.15, -0.1) is 0 Å². The summed E-state index contributed by atoms with van der Waals surface area (Å²) in [4.78, 5) is 4.23. The minimum absolute atomic E-state index is 0.430. The largest absolute Gasteiger partial charge is 0.479 e. The van der Waals surface area contributed by atoms with Gasteiger partial charge in [0.1, 0.15) is 5.82 Å². The Balaban J connectivity index is 2.07. The van der Waals surface area contributed by atoms with E-state index in [4.69, 9.17) is 10.5 Å². The summed E-state index contributed by atoms with van der Waals surface area (Å²) in [5, 5.41) is 10.0. The van der Waals surface area contributed by atoms with E-state index in [1.54, 1.807) is 19.4 Å². The van der Waals surface area contributed by atoms with Crippen LogP contribution in [0.5, 0.6) is 5.88 Å². The molecule has 2 heterocycles. The molecule has 0 saturated heterocycles. The molecule has 90 valence electrons. The van der Waals surface area contributed by atoms with E-state index >= 15 is 0 Å². The summed E-state index contributed by atoms with van der Waals surface area (Å²) < 4.78 is 5.05. The van der Waals surface area contributed by atoms with Gasteiger partial charge in [0.25, 0.3) is 0 Å². The third kappa shape index (κ3) is 2.47. The van der Waals surface area contributed by atoms with Crippen molar-refractivity contribution in [3.8, 4) is 5.88 Å². The lowest BCUT2D eigenvalue weighted by Gasteiger charge is -2.08. The van der Waals surface area contributed by atoms with Crippen LogP contribution in [-0.2, 0) is 6.54 Å². The number of aromatic amines is 1. The molecule has 2 rings (SSSR count). The highest BCUT2D eigenvalue weighted by atomic mass is 16.5. The van der Waals surface area contributed by atoms with E-state index in [1.165, 1.54) is 0 Å². The van der Waals surface area contributed by atoms with Crippen molar-refractivity contribution in [1.82, 2.24) is 15.2 Å². The van der Waals surface area contributed by atoms with E-state index in [0.717, 1.165) is 17.1 Å². The molecule has 0 aromatic carbocycles. The van der Waals surface area contributed by atoms with Crippen LogP contribution in [0.15, 0.2) is 18.3 Å². The SMILES string of the molecule is COc1nc(NCc2cn[nH]c2C)ccc1N. The summed E-state index contributed by atoms with van der Waals surface area (Å²) in [6.45, 7) is 2.63. The quantitative estimate of drug-likeness (QED) is 0.741. The van der Waals surface area contributed by atoms with Gasteiger partial charge >= 0.3 is 0 Å². The number of methoxy groups -OCH3 is 1. The Morgan fingerprint density at radius 1 is 1.47 bits per heavy atom. The van der Waals surface area contributed by atoms with E-state index in [1.807, 2.05) is 13.0 Å². The average Bonchev–Trinajstić information content (AvgIpc) is 2.74. The van der Waals surface area contributed by atoms with Crippen LogP contribution in [0.1, 0.15) is 11.3 Å². The molecule has 2 aromatic heterocycles. The summed E-state index contributed by atoms with van der Waals surface area (Å²) in [6, 6.07) is 3.57. The zero-order valence-electron chi connectivity index (χ0n) is 9.82. The van der Waals surface area contributed by atoms with Gasteiger partial charge in [-0.05, 0) is 19.1 Å². The molecule has 0 aliphatic heterocycles. The van der Waals surface area contributed by atoms with Crippen LogP contribution >= 0.6 is 0 Å². The maximum atomic E-state index is 5.68. The molecule has 0 aliphatic rings. The standard InChI is InChI=1S/C11H15N5O/c1-7-8(6-14-16-7)5-13-10-4-3-9(12)11(15-10)17-2/h3-4,6H,5,12H2,1-2H3,(H,13,15)(H,14,16). The molecule has 0 radical (unpaired) electrons. The second-order valence-electron chi connectivity index (χ2n) is 3.67. The van der Waals surface area contributed by atoms with Crippen molar-refractivity contribution >= 4 is 11.5 Å². The van der Waals surface area contributed by atoms with Gasteiger partial charge in [0, 0.05) is 17.8 Å². The highest BCUT2D eigenvalue weighted by Crippen LogP contribution is 2.20. The van der Waals surface area contributed by atoms with E-state index in [9.17, 15) is 0 Å². The first-order chi connectivity index (χ1) is 8.20. The fourth-order valence-corrected chi connectivity index (χ4v) is 1.45. The van der Waals surface area contributed by atoms with Crippen molar-refractivity contribution in [2.45, 2.75) is 13.5 Å². The Morgan fingerprint density at radius 2 is 2.29 bits per heavy atom. The van der Waals surface area contributed by atoms with Gasteiger partial charge in [0.15, 0.2) is 0 Å². The van der Waals surface area contributed by atoms with Crippen molar-refractivity contribution in [2.24, 2.45) is 0 Å². The molecule has 6 nitrogen and oxygen atoms in total. The number of H-pyrrole nitrogens is 1. The van der Waals surface area contributed by atoms with Crippen molar-refractivity contribution < 1.29 is 4.74 Å². The van der Waals surface area contributed by atoms with Gasteiger partial charge < -0.3 is 15.8 Å². The summed E-state index contributed by atoms with van der Waals surface area (Å²) in [6.07, 6.45) is 1.79. The molecular weight excluding hydrogens is 218 g/mol. The number of rotatable bonds is 4. The summed E-state index contributed by atoms with van der Waals surface area (Å²) in [5.74, 6) is 1.15. The number of nitrogens with zero attached hydrogens (tertiary/aromatic N) is 2. The van der Waals surface area contributed by atoms with Crippen LogP contribution in [0.4, 0.5) is 11.5 Å². The third-order valence-corrected chi connectivity index (χ3v) is 2.48. The van der Waals surface area contributed by atoms with Crippen LogP contribution in [0.2, 0.25) is 0 Å². The van der Waals surface area contributed by atoms with Gasteiger partial charge in [0.05, 0.1) is 19.0 Å². The molecule has 0 amide bonds. The maximum Gasteiger partial charge on any atom is 0.238 e. The molecule has 6 heteroatoms. The lowest BCUT2D eigenvalue weighted by Crippen LogP contribution is -2.03. The van der Waals surface area contributed by atoms with E-state index in [0.29, 0.717) is 18.1 Å². The fourth-order valence-electron chi connectivity index (χ4n) is 1.45. The van der Waals surface area contributed by atoms with Crippen molar-refractivity contribution in [3.05, 3.63) is 29.6 Å². The predicted octanol–water partition coefficient (Wildman–Crippen LogP) is 1.32. The molecule has 2 aromatic rings. The zero-order valence-corrected chi connectivity index (χ0v) is 9.82. The van der Waals surface area contributed by atoms with Gasteiger partial charge in [0.2, 0.25) is 5.88 Å². The molecule has 17 heavy (non-hydrogen) atoms. The number of ether oxygens (including phenoxy) is 1. The van der Waals surface area contributed by atoms with Gasteiger partial charge in [-0.3, -0.25) is 5.10 Å². The highest BCUT2D eigenvalue weighted by molar-refractivity contribution is 5.53. The molecule has 0 atom stereocenters. The van der Waals surface area contributed by atoms with Crippen molar-refractivity contribution in [1.29, 1.82) is 0 Å². The predicted molar refractivity (Wildman–Crippen MR) is 65.9 cm³/mol. The number of nitrogen functional groups attached to an aromatic ring is 1. The first-order valence-corrected chi connectivity index (χ1v) is 5.24. The first-order valence-electron chi connectivity index (χ1n) is 5.24. The molecule has 0 aliphatic carbocycles. The smallest absolute Gasteiger partial charge is 0.238 e. The van der Waals surface area contributed by atoms with Gasteiger partial charge in [-0.1, -0.05) is 0 Å². The second-order valence-corrected chi connectivity index (χ2v) is 3.67. The zero-order chi connectivity index (χ0) is 12.3. The minimum atomic E-state index is 0.430. The van der Waals surface area contributed by atoms with E-state index in [2.05, 4.69) is 20.5 Å². The van der Waals surface area contributed by atoms with Crippen molar-refractivity contribution in [3.63, 3.8) is 0 Å². The molecule has 0 spiro atoms. The third-order valence-electron chi connectivity index (χ3n) is 2.48. The molecule has 0 saturated carbocycles. The van der Waals surface area contributed by atoms with Crippen LogP contribution < -0.4 is 15.8 Å². The summed E-state index contributed by atoms with van der Waals surface area (Å²) >= 11 is 0. The number of aromatic nitrogens is 3. The first kappa shape index (κ1) is 11.3. The summed E-state index contributed by atoms with van der Waals surface area (Å²) in [7, 11) is 1.54. The van der Waals surface area contributed by atoms with Crippen molar-refractivity contribution in [2.75, 3.05) is 18.2 Å². The maximum absolute atomic E-state index is 5.68. The molecule has 0 fully saturated rings. The van der Waals surface area contributed by atoms with E-state index < -0.39 is 0 Å². The number of pyridine rings is 1. The second kappa shape index (κ2) is 4.73. The normalized spacial score (nSPS) is 10.2. The highest BCUT2D eigenvalue weighted by Gasteiger charge is 2.04. The Kier molecular flexibility index (Phi) is 3.13. The van der Waals surface area contributed by atoms with Crippen LogP contribution in [0.25, 0.3) is 0 Å². The number of nitrogens with two attached hydrogens (primary N) is 1. The molecule has 4 N–H and O–H groups in total. The number of anilines is 2. The average molecular weight is 233 g/mol. The number of hydrogen-bond donors (Lipinski definition) is 3. The number of nitrogens with one attached hydrogen (secondary N) is 2. The molecule has 0 bridgehead atoms. The number of aryl methyl sites for hydroxylation is 1.